The van der Waals surface area contributed by atoms with Crippen LogP contribution in [0.15, 0.2) is 24.4 Å². The normalized spacial score (nSPS) is 10.5. The van der Waals surface area contributed by atoms with Gasteiger partial charge in [-0.05, 0) is 25.0 Å². The number of rotatable bonds is 2. The van der Waals surface area contributed by atoms with Crippen molar-refractivity contribution < 1.29 is 0 Å². The van der Waals surface area contributed by atoms with E-state index in [1.165, 1.54) is 16.7 Å². The quantitative estimate of drug-likeness (QED) is 0.822. The van der Waals surface area contributed by atoms with E-state index in [1.54, 1.807) is 6.20 Å². The minimum atomic E-state index is 0.215. The van der Waals surface area contributed by atoms with Crippen LogP contribution in [0.4, 0.5) is 11.8 Å². The van der Waals surface area contributed by atoms with Gasteiger partial charge in [0.15, 0.2) is 0 Å². The summed E-state index contributed by atoms with van der Waals surface area (Å²) in [7, 11) is 0. The van der Waals surface area contributed by atoms with Crippen molar-refractivity contribution in [2.24, 2.45) is 0 Å². The lowest BCUT2D eigenvalue weighted by molar-refractivity contribution is 1.08. The lowest BCUT2D eigenvalue weighted by Crippen LogP contribution is -2.04. The van der Waals surface area contributed by atoms with E-state index in [0.29, 0.717) is 5.82 Å². The first-order valence-corrected chi connectivity index (χ1v) is 5.49. The summed E-state index contributed by atoms with van der Waals surface area (Å²) in [6.45, 7) is 4.17. The van der Waals surface area contributed by atoms with Gasteiger partial charge in [-0.15, -0.1) is 0 Å². The van der Waals surface area contributed by atoms with E-state index < -0.39 is 0 Å². The Hall–Kier alpha value is -2.10. The minimum Gasteiger partial charge on any atom is -0.383 e. The summed E-state index contributed by atoms with van der Waals surface area (Å²) >= 11 is 0. The molecular formula is C13H16N4. The Morgan fingerprint density at radius 3 is 2.53 bits per heavy atom. The maximum atomic E-state index is 5.82. The van der Waals surface area contributed by atoms with Gasteiger partial charge in [0, 0.05) is 18.2 Å². The summed E-state index contributed by atoms with van der Waals surface area (Å²) in [6.07, 6.45) is 2.43. The average molecular weight is 228 g/mol. The van der Waals surface area contributed by atoms with Gasteiger partial charge >= 0.3 is 0 Å². The highest BCUT2D eigenvalue weighted by molar-refractivity contribution is 5.45. The summed E-state index contributed by atoms with van der Waals surface area (Å²) in [5.41, 5.74) is 15.9. The van der Waals surface area contributed by atoms with Crippen molar-refractivity contribution in [1.29, 1.82) is 0 Å². The number of hydrogen-bond acceptors (Lipinski definition) is 4. The van der Waals surface area contributed by atoms with Gasteiger partial charge < -0.3 is 11.5 Å². The molecule has 4 N–H and O–H groups in total. The van der Waals surface area contributed by atoms with Crippen LogP contribution in [-0.2, 0) is 6.42 Å². The zero-order chi connectivity index (χ0) is 12.4. The van der Waals surface area contributed by atoms with E-state index in [9.17, 15) is 0 Å². The van der Waals surface area contributed by atoms with Gasteiger partial charge in [0.05, 0.1) is 0 Å². The molecule has 1 aromatic carbocycles. The zero-order valence-electron chi connectivity index (χ0n) is 10.1. The van der Waals surface area contributed by atoms with Gasteiger partial charge in [0.1, 0.15) is 5.82 Å². The number of nitrogens with two attached hydrogens (primary N) is 2. The molecule has 0 atom stereocenters. The van der Waals surface area contributed by atoms with Crippen LogP contribution in [0.1, 0.15) is 22.3 Å². The Bertz CT molecular complexity index is 500. The molecule has 0 spiro atoms. The predicted octanol–water partition coefficient (Wildman–Crippen LogP) is 1.85. The molecule has 0 radical (unpaired) electrons. The second-order valence-electron chi connectivity index (χ2n) is 4.25. The molecule has 4 heteroatoms. The van der Waals surface area contributed by atoms with Gasteiger partial charge in [0.25, 0.3) is 0 Å². The first-order valence-electron chi connectivity index (χ1n) is 5.49. The molecule has 0 bridgehead atoms. The molecule has 1 heterocycles. The van der Waals surface area contributed by atoms with Crippen LogP contribution in [-0.4, -0.2) is 9.97 Å². The molecule has 0 aliphatic carbocycles. The van der Waals surface area contributed by atoms with Crippen LogP contribution >= 0.6 is 0 Å². The molecule has 4 nitrogen and oxygen atoms in total. The van der Waals surface area contributed by atoms with Crippen LogP contribution in [0, 0.1) is 13.8 Å². The van der Waals surface area contributed by atoms with Gasteiger partial charge in [-0.3, -0.25) is 0 Å². The van der Waals surface area contributed by atoms with E-state index >= 15 is 0 Å². The van der Waals surface area contributed by atoms with Crippen molar-refractivity contribution in [3.8, 4) is 0 Å². The molecule has 0 aliphatic heterocycles. The molecule has 0 aliphatic rings. The van der Waals surface area contributed by atoms with E-state index in [2.05, 4.69) is 42.0 Å². The van der Waals surface area contributed by atoms with Gasteiger partial charge in [-0.25, -0.2) is 4.98 Å². The standard InChI is InChI=1S/C13H16N4/c1-8-3-4-10(9(2)5-8)6-11-7-16-13(15)17-12(11)14/h3-5,7H,6H2,1-2H3,(H4,14,15,16,17). The van der Waals surface area contributed by atoms with Crippen molar-refractivity contribution in [3.05, 3.63) is 46.6 Å². The maximum Gasteiger partial charge on any atom is 0.221 e. The molecule has 2 rings (SSSR count). The lowest BCUT2D eigenvalue weighted by atomic mass is 10.00. The van der Waals surface area contributed by atoms with Crippen LogP contribution in [0.25, 0.3) is 0 Å². The SMILES string of the molecule is Cc1ccc(Cc2cnc(N)nc2N)c(C)c1. The van der Waals surface area contributed by atoms with E-state index in [1.807, 2.05) is 0 Å². The van der Waals surface area contributed by atoms with Crippen molar-refractivity contribution in [2.75, 3.05) is 11.5 Å². The highest BCUT2D eigenvalue weighted by Gasteiger charge is 2.05. The first-order chi connectivity index (χ1) is 8.06. The van der Waals surface area contributed by atoms with Crippen molar-refractivity contribution in [2.45, 2.75) is 20.3 Å². The fourth-order valence-electron chi connectivity index (χ4n) is 1.82. The average Bonchev–Trinajstić information content (AvgIpc) is 2.25. The predicted molar refractivity (Wildman–Crippen MR) is 69.6 cm³/mol. The Balaban J connectivity index is 2.31. The lowest BCUT2D eigenvalue weighted by Gasteiger charge is -2.08. The van der Waals surface area contributed by atoms with E-state index in [0.717, 1.165) is 12.0 Å². The van der Waals surface area contributed by atoms with Crippen molar-refractivity contribution >= 4 is 11.8 Å². The number of hydrogen-bond donors (Lipinski definition) is 2. The highest BCUT2D eigenvalue weighted by atomic mass is 15.0. The fraction of sp³-hybridized carbons (Fsp3) is 0.231. The molecule has 0 saturated heterocycles. The van der Waals surface area contributed by atoms with Crippen molar-refractivity contribution in [3.63, 3.8) is 0 Å². The first kappa shape index (κ1) is 11.4. The van der Waals surface area contributed by atoms with Crippen LogP contribution in [0.3, 0.4) is 0 Å². The summed E-state index contributed by atoms with van der Waals surface area (Å²) in [6, 6.07) is 6.36. The number of aromatic nitrogens is 2. The number of nitrogen functional groups attached to an aromatic ring is 2. The smallest absolute Gasteiger partial charge is 0.221 e. The summed E-state index contributed by atoms with van der Waals surface area (Å²) < 4.78 is 0. The molecule has 0 fully saturated rings. The Morgan fingerprint density at radius 2 is 1.88 bits per heavy atom. The molecule has 0 unspecified atom stereocenters. The maximum absolute atomic E-state index is 5.82. The molecular weight excluding hydrogens is 212 g/mol. The van der Waals surface area contributed by atoms with Crippen LogP contribution in [0.5, 0.6) is 0 Å². The second-order valence-corrected chi connectivity index (χ2v) is 4.25. The number of benzene rings is 1. The minimum absolute atomic E-state index is 0.215. The van der Waals surface area contributed by atoms with Crippen LogP contribution < -0.4 is 11.5 Å². The Morgan fingerprint density at radius 1 is 1.12 bits per heavy atom. The largest absolute Gasteiger partial charge is 0.383 e. The fourth-order valence-corrected chi connectivity index (χ4v) is 1.82. The van der Waals surface area contributed by atoms with Gasteiger partial charge in [-0.2, -0.15) is 4.98 Å². The third kappa shape index (κ3) is 2.53. The zero-order valence-corrected chi connectivity index (χ0v) is 10.1. The summed E-state index contributed by atoms with van der Waals surface area (Å²) in [4.78, 5) is 7.93. The molecule has 0 saturated carbocycles. The van der Waals surface area contributed by atoms with E-state index in [-0.39, 0.29) is 5.95 Å². The molecule has 1 aromatic heterocycles. The van der Waals surface area contributed by atoms with Gasteiger partial charge in [-0.1, -0.05) is 23.8 Å². The van der Waals surface area contributed by atoms with Gasteiger partial charge in [0.2, 0.25) is 5.95 Å². The second kappa shape index (κ2) is 4.41. The Kier molecular flexibility index (Phi) is 2.95. The topological polar surface area (TPSA) is 77.8 Å². The molecule has 2 aromatic rings. The number of aryl methyl sites for hydroxylation is 2. The number of nitrogens with zero attached hydrogens (tertiary/aromatic N) is 2. The monoisotopic (exact) mass is 228 g/mol. The van der Waals surface area contributed by atoms with Crippen molar-refractivity contribution in [1.82, 2.24) is 9.97 Å². The molecule has 0 amide bonds. The number of anilines is 2. The molecule has 88 valence electrons. The van der Waals surface area contributed by atoms with Crippen LogP contribution in [0.2, 0.25) is 0 Å². The summed E-state index contributed by atoms with van der Waals surface area (Å²) in [5, 5.41) is 0. The highest BCUT2D eigenvalue weighted by Crippen LogP contribution is 2.18. The molecule has 17 heavy (non-hydrogen) atoms. The summed E-state index contributed by atoms with van der Waals surface area (Å²) in [5.74, 6) is 0.671. The van der Waals surface area contributed by atoms with E-state index in [4.69, 9.17) is 11.5 Å². The third-order valence-corrected chi connectivity index (χ3v) is 2.80. The Labute approximate surface area is 101 Å². The third-order valence-electron chi connectivity index (χ3n) is 2.80.